The van der Waals surface area contributed by atoms with E-state index < -0.39 is 0 Å². The van der Waals surface area contributed by atoms with Gasteiger partial charge < -0.3 is 4.90 Å². The van der Waals surface area contributed by atoms with Crippen molar-refractivity contribution in [2.24, 2.45) is 0 Å². The average Bonchev–Trinajstić information content (AvgIpc) is 2.72. The Morgan fingerprint density at radius 2 is 2.00 bits per heavy atom. The summed E-state index contributed by atoms with van der Waals surface area (Å²) in [5.74, 6) is 2.34. The second kappa shape index (κ2) is 3.90. The van der Waals surface area contributed by atoms with Gasteiger partial charge in [-0.3, -0.25) is 15.0 Å². The minimum atomic E-state index is -0.0387. The number of nitrogens with one attached hydrogen (secondary N) is 2. The molecule has 5 heteroatoms. The van der Waals surface area contributed by atoms with Gasteiger partial charge in [0.25, 0.3) is 5.56 Å². The minimum absolute atomic E-state index is 0.0387. The molecule has 0 bridgehead atoms. The Morgan fingerprint density at radius 3 is 2.81 bits per heavy atom. The van der Waals surface area contributed by atoms with Crippen LogP contribution in [0, 0.1) is 0 Å². The molecule has 1 saturated heterocycles. The summed E-state index contributed by atoms with van der Waals surface area (Å²) in [4.78, 5) is 13.8. The summed E-state index contributed by atoms with van der Waals surface area (Å²) in [5.41, 5.74) is 1.99. The Morgan fingerprint density at radius 1 is 1.19 bits per heavy atom. The Balaban J connectivity index is 2.03. The molecule has 0 aliphatic carbocycles. The van der Waals surface area contributed by atoms with Gasteiger partial charge in [0.1, 0.15) is 0 Å². The van der Waals surface area contributed by atoms with Crippen molar-refractivity contribution >= 4 is 28.4 Å². The molecule has 2 aromatic rings. The second-order valence-corrected chi connectivity index (χ2v) is 5.13. The van der Waals surface area contributed by atoms with Gasteiger partial charge in [-0.1, -0.05) is 0 Å². The van der Waals surface area contributed by atoms with Crippen molar-refractivity contribution in [2.75, 3.05) is 29.5 Å². The van der Waals surface area contributed by atoms with E-state index in [1.165, 1.54) is 11.5 Å². The van der Waals surface area contributed by atoms with Crippen molar-refractivity contribution in [1.29, 1.82) is 0 Å². The quantitative estimate of drug-likeness (QED) is 0.785. The van der Waals surface area contributed by atoms with Gasteiger partial charge >= 0.3 is 0 Å². The first-order valence-electron chi connectivity index (χ1n) is 5.38. The number of thioether (sulfide) groups is 1. The van der Waals surface area contributed by atoms with Gasteiger partial charge in [-0.25, -0.2) is 0 Å². The van der Waals surface area contributed by atoms with Crippen molar-refractivity contribution in [3.8, 4) is 0 Å². The first-order valence-corrected chi connectivity index (χ1v) is 6.53. The Kier molecular flexibility index (Phi) is 2.40. The van der Waals surface area contributed by atoms with E-state index in [0.717, 1.165) is 29.7 Å². The first-order chi connectivity index (χ1) is 7.84. The predicted molar refractivity (Wildman–Crippen MR) is 68.5 cm³/mol. The molecule has 84 valence electrons. The molecule has 3 rings (SSSR count). The van der Waals surface area contributed by atoms with Crippen LogP contribution in [0.2, 0.25) is 0 Å². The maximum absolute atomic E-state index is 11.5. The number of H-pyrrole nitrogens is 2. The fraction of sp³-hybridized carbons (Fsp3) is 0.364. The number of benzene rings is 1. The molecular weight excluding hydrogens is 222 g/mol. The van der Waals surface area contributed by atoms with Gasteiger partial charge in [0.05, 0.1) is 10.9 Å². The lowest BCUT2D eigenvalue weighted by Crippen LogP contribution is -2.32. The van der Waals surface area contributed by atoms with E-state index in [-0.39, 0.29) is 5.56 Å². The number of rotatable bonds is 1. The molecule has 0 unspecified atom stereocenters. The smallest absolute Gasteiger partial charge is 0.271 e. The van der Waals surface area contributed by atoms with Crippen LogP contribution in [-0.2, 0) is 0 Å². The SMILES string of the molecule is O=c1[nH][nH]c2ccc(N3CCSCC3)cc12. The van der Waals surface area contributed by atoms with Gasteiger partial charge in [0.2, 0.25) is 0 Å². The highest BCUT2D eigenvalue weighted by Gasteiger charge is 2.12. The van der Waals surface area contributed by atoms with Crippen LogP contribution in [-0.4, -0.2) is 34.8 Å². The van der Waals surface area contributed by atoms with E-state index in [4.69, 9.17) is 0 Å². The highest BCUT2D eigenvalue weighted by Crippen LogP contribution is 2.21. The van der Waals surface area contributed by atoms with Crippen molar-refractivity contribution in [3.63, 3.8) is 0 Å². The zero-order valence-electron chi connectivity index (χ0n) is 8.82. The van der Waals surface area contributed by atoms with Crippen LogP contribution in [0.3, 0.4) is 0 Å². The van der Waals surface area contributed by atoms with Crippen molar-refractivity contribution < 1.29 is 0 Å². The van der Waals surface area contributed by atoms with E-state index >= 15 is 0 Å². The van der Waals surface area contributed by atoms with E-state index in [0.29, 0.717) is 0 Å². The van der Waals surface area contributed by atoms with Crippen LogP contribution in [0.25, 0.3) is 10.9 Å². The lowest BCUT2D eigenvalue weighted by atomic mass is 10.2. The summed E-state index contributed by atoms with van der Waals surface area (Å²) in [7, 11) is 0. The van der Waals surface area contributed by atoms with Crippen molar-refractivity contribution in [2.45, 2.75) is 0 Å². The topological polar surface area (TPSA) is 51.9 Å². The molecule has 1 aliphatic rings. The molecule has 0 amide bonds. The lowest BCUT2D eigenvalue weighted by molar-refractivity contribution is 0.859. The largest absolute Gasteiger partial charge is 0.370 e. The molecule has 1 aromatic heterocycles. The van der Waals surface area contributed by atoms with Gasteiger partial charge in [0.15, 0.2) is 0 Å². The van der Waals surface area contributed by atoms with Crippen molar-refractivity contribution in [3.05, 3.63) is 28.6 Å². The van der Waals surface area contributed by atoms with Crippen LogP contribution in [0.5, 0.6) is 0 Å². The molecule has 4 nitrogen and oxygen atoms in total. The van der Waals surface area contributed by atoms with Crippen LogP contribution >= 0.6 is 11.8 Å². The fourth-order valence-electron chi connectivity index (χ4n) is 2.04. The molecular formula is C11H13N3OS. The molecule has 0 spiro atoms. The molecule has 0 atom stereocenters. The summed E-state index contributed by atoms with van der Waals surface area (Å²) in [6.45, 7) is 2.14. The highest BCUT2D eigenvalue weighted by molar-refractivity contribution is 7.99. The molecule has 1 aliphatic heterocycles. The summed E-state index contributed by atoms with van der Waals surface area (Å²) < 4.78 is 0. The standard InChI is InChI=1S/C11H13N3OS/c15-11-9-7-8(1-2-10(9)12-13-11)14-3-5-16-6-4-14/h1-2,7H,3-6H2,(H2,12,13,15). The average molecular weight is 235 g/mol. The summed E-state index contributed by atoms with van der Waals surface area (Å²) in [6.07, 6.45) is 0. The van der Waals surface area contributed by atoms with E-state index in [1.54, 1.807) is 0 Å². The number of hydrogen-bond donors (Lipinski definition) is 2. The third-order valence-electron chi connectivity index (χ3n) is 2.93. The molecule has 0 radical (unpaired) electrons. The minimum Gasteiger partial charge on any atom is -0.370 e. The van der Waals surface area contributed by atoms with Crippen LogP contribution in [0.4, 0.5) is 5.69 Å². The highest BCUT2D eigenvalue weighted by atomic mass is 32.2. The third-order valence-corrected chi connectivity index (χ3v) is 3.88. The molecule has 16 heavy (non-hydrogen) atoms. The van der Waals surface area contributed by atoms with E-state index in [1.807, 2.05) is 23.9 Å². The van der Waals surface area contributed by atoms with E-state index in [2.05, 4.69) is 21.2 Å². The van der Waals surface area contributed by atoms with Crippen molar-refractivity contribution in [1.82, 2.24) is 10.2 Å². The van der Waals surface area contributed by atoms with Crippen LogP contribution < -0.4 is 10.5 Å². The van der Waals surface area contributed by atoms with Gasteiger partial charge in [-0.05, 0) is 18.2 Å². The summed E-state index contributed by atoms with van der Waals surface area (Å²) >= 11 is 1.99. The van der Waals surface area contributed by atoms with Gasteiger partial charge in [-0.15, -0.1) is 0 Å². The Hall–Kier alpha value is -1.36. The Labute approximate surface area is 97.0 Å². The van der Waals surface area contributed by atoms with Gasteiger partial charge in [-0.2, -0.15) is 11.8 Å². The summed E-state index contributed by atoms with van der Waals surface area (Å²) in [5, 5.41) is 6.21. The zero-order valence-corrected chi connectivity index (χ0v) is 9.64. The number of fused-ring (bicyclic) bond motifs is 1. The maximum Gasteiger partial charge on any atom is 0.271 e. The van der Waals surface area contributed by atoms with Crippen LogP contribution in [0.1, 0.15) is 0 Å². The van der Waals surface area contributed by atoms with Crippen LogP contribution in [0.15, 0.2) is 23.0 Å². The predicted octanol–water partition coefficient (Wildman–Crippen LogP) is 1.41. The summed E-state index contributed by atoms with van der Waals surface area (Å²) in [6, 6.07) is 6.01. The number of hydrogen-bond acceptors (Lipinski definition) is 3. The normalized spacial score (nSPS) is 16.9. The van der Waals surface area contributed by atoms with E-state index in [9.17, 15) is 4.79 Å². The monoisotopic (exact) mass is 235 g/mol. The molecule has 2 N–H and O–H groups in total. The molecule has 0 saturated carbocycles. The number of nitrogens with zero attached hydrogens (tertiary/aromatic N) is 1. The third kappa shape index (κ3) is 1.61. The number of aromatic amines is 2. The first kappa shape index (κ1) is 9.84. The zero-order chi connectivity index (χ0) is 11.0. The fourth-order valence-corrected chi connectivity index (χ4v) is 2.94. The molecule has 2 heterocycles. The Bertz CT molecular complexity index is 554. The molecule has 1 aromatic carbocycles. The second-order valence-electron chi connectivity index (χ2n) is 3.91. The van der Waals surface area contributed by atoms with Gasteiger partial charge in [0, 0.05) is 30.3 Å². The maximum atomic E-state index is 11.5. The molecule has 1 fully saturated rings. The lowest BCUT2D eigenvalue weighted by Gasteiger charge is -2.28. The number of anilines is 1. The number of aromatic nitrogens is 2.